The van der Waals surface area contributed by atoms with Gasteiger partial charge in [0.05, 0.1) is 18.1 Å². The van der Waals surface area contributed by atoms with Gasteiger partial charge in [-0.3, -0.25) is 0 Å². The summed E-state index contributed by atoms with van der Waals surface area (Å²) in [7, 11) is 0. The molecule has 21 heavy (non-hydrogen) atoms. The van der Waals surface area contributed by atoms with Crippen LogP contribution in [-0.2, 0) is 12.1 Å². The molecule has 9 heteroatoms. The number of carbonyl (C=O) groups excluding carboxylic acids is 1. The summed E-state index contributed by atoms with van der Waals surface area (Å²) >= 11 is 1.50. The molecule has 2 N–H and O–H groups in total. The Morgan fingerprint density at radius 3 is 2.81 bits per heavy atom. The lowest BCUT2D eigenvalue weighted by Gasteiger charge is -2.15. The second kappa shape index (κ2) is 6.17. The normalized spacial score (nSPS) is 13.0. The van der Waals surface area contributed by atoms with E-state index < -0.39 is 0 Å². The molecular weight excluding hydrogens is 290 g/mol. The zero-order valence-electron chi connectivity index (χ0n) is 12.5. The number of amides is 2. The molecule has 0 aromatic carbocycles. The predicted octanol–water partition coefficient (Wildman–Crippen LogP) is 1.44. The number of urea groups is 1. The monoisotopic (exact) mass is 309 g/mol. The molecule has 1 atom stereocenters. The lowest BCUT2D eigenvalue weighted by Crippen LogP contribution is -2.36. The van der Waals surface area contributed by atoms with Crippen LogP contribution in [0.2, 0.25) is 0 Å². The van der Waals surface area contributed by atoms with Gasteiger partial charge in [0.1, 0.15) is 5.01 Å². The van der Waals surface area contributed by atoms with Crippen molar-refractivity contribution in [2.75, 3.05) is 0 Å². The van der Waals surface area contributed by atoms with Crippen LogP contribution in [0.4, 0.5) is 4.79 Å². The van der Waals surface area contributed by atoms with Crippen molar-refractivity contribution in [1.82, 2.24) is 35.8 Å². The van der Waals surface area contributed by atoms with E-state index in [4.69, 9.17) is 0 Å². The van der Waals surface area contributed by atoms with E-state index in [1.54, 1.807) is 6.20 Å². The Morgan fingerprint density at radius 2 is 2.24 bits per heavy atom. The quantitative estimate of drug-likeness (QED) is 0.890. The minimum Gasteiger partial charge on any atom is -0.331 e. The number of hydrogen-bond donors (Lipinski definition) is 2. The Morgan fingerprint density at radius 1 is 1.48 bits per heavy atom. The Bertz CT molecular complexity index is 587. The van der Waals surface area contributed by atoms with E-state index in [-0.39, 0.29) is 24.2 Å². The first-order valence-electron chi connectivity index (χ1n) is 6.59. The van der Waals surface area contributed by atoms with Gasteiger partial charge in [-0.1, -0.05) is 0 Å². The maximum Gasteiger partial charge on any atom is 0.315 e. The number of nitrogens with zero attached hydrogens (tertiary/aromatic N) is 5. The molecular formula is C12H19N7OS. The van der Waals surface area contributed by atoms with Crippen LogP contribution < -0.4 is 10.6 Å². The summed E-state index contributed by atoms with van der Waals surface area (Å²) < 4.78 is 0. The molecule has 2 heterocycles. The molecule has 0 aliphatic carbocycles. The molecule has 2 aromatic rings. The van der Waals surface area contributed by atoms with Crippen molar-refractivity contribution in [3.8, 4) is 0 Å². The highest BCUT2D eigenvalue weighted by molar-refractivity contribution is 7.09. The Balaban J connectivity index is 1.83. The van der Waals surface area contributed by atoms with Gasteiger partial charge in [-0.25, -0.2) is 9.78 Å². The second-order valence-electron chi connectivity index (χ2n) is 5.58. The third-order valence-electron chi connectivity index (χ3n) is 2.63. The van der Waals surface area contributed by atoms with Gasteiger partial charge >= 0.3 is 6.03 Å². The van der Waals surface area contributed by atoms with Crippen molar-refractivity contribution in [3.63, 3.8) is 0 Å². The van der Waals surface area contributed by atoms with Crippen LogP contribution in [0.1, 0.15) is 44.6 Å². The number of hydrogen-bond acceptors (Lipinski definition) is 6. The average Bonchev–Trinajstić information content (AvgIpc) is 3.07. The fraction of sp³-hybridized carbons (Fsp3) is 0.583. The first kappa shape index (κ1) is 15.4. The molecule has 0 saturated carbocycles. The summed E-state index contributed by atoms with van der Waals surface area (Å²) in [6, 6.07) is -0.423. The van der Waals surface area contributed by atoms with Gasteiger partial charge in [-0.15, -0.1) is 21.5 Å². The third kappa shape index (κ3) is 4.22. The van der Waals surface area contributed by atoms with Crippen LogP contribution in [0, 0.1) is 0 Å². The van der Waals surface area contributed by atoms with Gasteiger partial charge in [-0.05, 0) is 32.9 Å². The van der Waals surface area contributed by atoms with Crippen LogP contribution in [-0.4, -0.2) is 31.2 Å². The molecule has 0 aliphatic rings. The van der Waals surface area contributed by atoms with Gasteiger partial charge in [0.15, 0.2) is 5.82 Å². The molecule has 114 valence electrons. The molecule has 0 radical (unpaired) electrons. The average molecular weight is 309 g/mol. The van der Waals surface area contributed by atoms with Crippen molar-refractivity contribution >= 4 is 17.4 Å². The number of aromatic nitrogens is 5. The van der Waals surface area contributed by atoms with Crippen LogP contribution in [0.25, 0.3) is 0 Å². The first-order chi connectivity index (χ1) is 9.86. The van der Waals surface area contributed by atoms with E-state index in [1.165, 1.54) is 16.1 Å². The summed E-state index contributed by atoms with van der Waals surface area (Å²) in [4.78, 5) is 17.5. The number of carbonyl (C=O) groups is 1. The van der Waals surface area contributed by atoms with Crippen molar-refractivity contribution in [2.45, 2.75) is 45.8 Å². The minimum absolute atomic E-state index is 0.136. The molecule has 8 nitrogen and oxygen atoms in total. The van der Waals surface area contributed by atoms with Crippen LogP contribution >= 0.6 is 11.3 Å². The van der Waals surface area contributed by atoms with Crippen LogP contribution in [0.15, 0.2) is 11.6 Å². The lowest BCUT2D eigenvalue weighted by molar-refractivity contribution is 0.237. The maximum absolute atomic E-state index is 11.8. The Hall–Kier alpha value is -2.03. The van der Waals surface area contributed by atoms with Gasteiger partial charge in [0, 0.05) is 11.6 Å². The smallest absolute Gasteiger partial charge is 0.315 e. The fourth-order valence-electron chi connectivity index (χ4n) is 1.52. The van der Waals surface area contributed by atoms with E-state index in [0.717, 1.165) is 5.01 Å². The topological polar surface area (TPSA) is 97.6 Å². The SMILES string of the molecule is C[C@H](NC(=O)NCc1nnn(C(C)(C)C)n1)c1nccs1. The molecule has 0 unspecified atom stereocenters. The number of rotatable bonds is 4. The predicted molar refractivity (Wildman–Crippen MR) is 78.7 cm³/mol. The van der Waals surface area contributed by atoms with Crippen LogP contribution in [0.5, 0.6) is 0 Å². The van der Waals surface area contributed by atoms with E-state index in [9.17, 15) is 4.79 Å². The van der Waals surface area contributed by atoms with Crippen molar-refractivity contribution in [2.24, 2.45) is 0 Å². The van der Waals surface area contributed by atoms with Gasteiger partial charge in [-0.2, -0.15) is 4.80 Å². The molecule has 0 bridgehead atoms. The lowest BCUT2D eigenvalue weighted by atomic mass is 10.1. The summed E-state index contributed by atoms with van der Waals surface area (Å²) in [5.74, 6) is 0.474. The fourth-order valence-corrected chi connectivity index (χ4v) is 2.16. The zero-order chi connectivity index (χ0) is 15.5. The second-order valence-corrected chi connectivity index (χ2v) is 6.51. The highest BCUT2D eigenvalue weighted by Gasteiger charge is 2.17. The number of tetrazole rings is 1. The minimum atomic E-state index is -0.287. The van der Waals surface area contributed by atoms with Crippen molar-refractivity contribution in [3.05, 3.63) is 22.4 Å². The highest BCUT2D eigenvalue weighted by Crippen LogP contribution is 2.14. The molecule has 2 amide bonds. The van der Waals surface area contributed by atoms with Gasteiger partial charge in [0.2, 0.25) is 0 Å². The summed E-state index contributed by atoms with van der Waals surface area (Å²) in [5, 5.41) is 20.3. The number of nitrogens with one attached hydrogen (secondary N) is 2. The molecule has 0 fully saturated rings. The Kier molecular flexibility index (Phi) is 4.51. The van der Waals surface area contributed by atoms with E-state index in [2.05, 4.69) is 31.0 Å². The zero-order valence-corrected chi connectivity index (χ0v) is 13.3. The van der Waals surface area contributed by atoms with Crippen LogP contribution in [0.3, 0.4) is 0 Å². The van der Waals surface area contributed by atoms with E-state index >= 15 is 0 Å². The van der Waals surface area contributed by atoms with Crippen molar-refractivity contribution < 1.29 is 4.79 Å². The largest absolute Gasteiger partial charge is 0.331 e. The Labute approximate surface area is 127 Å². The standard InChI is InChI=1S/C12H19N7OS/c1-8(10-13-5-6-21-10)15-11(20)14-7-9-16-18-19(17-9)12(2,3)4/h5-6,8H,7H2,1-4H3,(H2,14,15,20)/t8-/m0/s1. The van der Waals surface area contributed by atoms with Gasteiger partial charge < -0.3 is 10.6 Å². The molecule has 0 spiro atoms. The van der Waals surface area contributed by atoms with E-state index in [1.807, 2.05) is 33.1 Å². The first-order valence-corrected chi connectivity index (χ1v) is 7.47. The van der Waals surface area contributed by atoms with Gasteiger partial charge in [0.25, 0.3) is 0 Å². The summed E-state index contributed by atoms with van der Waals surface area (Å²) in [6.45, 7) is 8.05. The number of thiazole rings is 1. The summed E-state index contributed by atoms with van der Waals surface area (Å²) in [5.41, 5.74) is -0.229. The molecule has 0 aliphatic heterocycles. The van der Waals surface area contributed by atoms with Crippen molar-refractivity contribution in [1.29, 1.82) is 0 Å². The highest BCUT2D eigenvalue weighted by atomic mass is 32.1. The molecule has 2 aromatic heterocycles. The third-order valence-corrected chi connectivity index (χ3v) is 3.59. The molecule has 2 rings (SSSR count). The summed E-state index contributed by atoms with van der Waals surface area (Å²) in [6.07, 6.45) is 1.71. The maximum atomic E-state index is 11.8. The van der Waals surface area contributed by atoms with E-state index in [0.29, 0.717) is 5.82 Å². The molecule has 0 saturated heterocycles.